The number of aliphatic hydroxyl groups excluding tert-OH is 1. The van der Waals surface area contributed by atoms with Gasteiger partial charge < -0.3 is 10.0 Å². The molecule has 0 unspecified atom stereocenters. The Hall–Kier alpha value is -3.49. The first kappa shape index (κ1) is 19.8. The minimum atomic E-state index is -0.616. The standard InChI is InChI=1S/C25H21FN2O2/c26-21-12-10-19(11-13-21)18-6-8-20(9-7-18)25-22(15-27)28(23(25)16-29)24(30)14-17-4-2-1-3-5-17/h1-13,22-23,25,29H,14,16H2/t22-,23+,25-/m0/s1. The van der Waals surface area contributed by atoms with Gasteiger partial charge in [-0.2, -0.15) is 5.26 Å². The van der Waals surface area contributed by atoms with E-state index in [9.17, 15) is 19.6 Å². The zero-order valence-corrected chi connectivity index (χ0v) is 16.3. The zero-order valence-electron chi connectivity index (χ0n) is 16.3. The zero-order chi connectivity index (χ0) is 21.1. The number of aliphatic hydroxyl groups is 1. The van der Waals surface area contributed by atoms with E-state index >= 15 is 0 Å². The van der Waals surface area contributed by atoms with Gasteiger partial charge in [0.15, 0.2) is 0 Å². The first-order valence-electron chi connectivity index (χ1n) is 9.84. The summed E-state index contributed by atoms with van der Waals surface area (Å²) in [6.45, 7) is -0.205. The molecular weight excluding hydrogens is 379 g/mol. The van der Waals surface area contributed by atoms with E-state index in [-0.39, 0.29) is 30.7 Å². The molecule has 3 aromatic carbocycles. The maximum atomic E-state index is 13.1. The van der Waals surface area contributed by atoms with Crippen molar-refractivity contribution in [1.82, 2.24) is 4.90 Å². The second-order valence-electron chi connectivity index (χ2n) is 7.44. The number of rotatable bonds is 5. The lowest BCUT2D eigenvalue weighted by Crippen LogP contribution is -2.65. The Morgan fingerprint density at radius 1 is 0.967 bits per heavy atom. The van der Waals surface area contributed by atoms with Crippen LogP contribution in [0.4, 0.5) is 4.39 Å². The lowest BCUT2D eigenvalue weighted by atomic mass is 9.75. The van der Waals surface area contributed by atoms with Crippen LogP contribution in [0.3, 0.4) is 0 Å². The van der Waals surface area contributed by atoms with Crippen molar-refractivity contribution in [2.24, 2.45) is 0 Å². The van der Waals surface area contributed by atoms with E-state index < -0.39 is 12.1 Å². The van der Waals surface area contributed by atoms with Gasteiger partial charge in [0.2, 0.25) is 5.91 Å². The molecule has 3 aromatic rings. The molecule has 1 N–H and O–H groups in total. The normalized spacial score (nSPS) is 20.3. The number of carbonyl (C=O) groups excluding carboxylic acids is 1. The van der Waals surface area contributed by atoms with Crippen molar-refractivity contribution in [1.29, 1.82) is 5.26 Å². The van der Waals surface area contributed by atoms with Crippen LogP contribution in [0.2, 0.25) is 0 Å². The Bertz CT molecular complexity index is 1060. The highest BCUT2D eigenvalue weighted by atomic mass is 19.1. The minimum absolute atomic E-state index is 0.161. The van der Waals surface area contributed by atoms with E-state index in [1.54, 1.807) is 12.1 Å². The molecule has 1 saturated heterocycles. The molecule has 30 heavy (non-hydrogen) atoms. The molecule has 4 rings (SSSR count). The molecule has 0 saturated carbocycles. The maximum Gasteiger partial charge on any atom is 0.228 e. The average Bonchev–Trinajstić information content (AvgIpc) is 2.75. The summed E-state index contributed by atoms with van der Waals surface area (Å²) in [6, 6.07) is 24.5. The van der Waals surface area contributed by atoms with Crippen LogP contribution >= 0.6 is 0 Å². The van der Waals surface area contributed by atoms with E-state index in [1.807, 2.05) is 54.6 Å². The van der Waals surface area contributed by atoms with Crippen molar-refractivity contribution in [2.45, 2.75) is 24.4 Å². The van der Waals surface area contributed by atoms with E-state index in [0.717, 1.165) is 22.3 Å². The fourth-order valence-electron chi connectivity index (χ4n) is 4.15. The van der Waals surface area contributed by atoms with Crippen molar-refractivity contribution in [3.05, 3.63) is 95.8 Å². The third-order valence-electron chi connectivity index (χ3n) is 5.69. The fourth-order valence-corrected chi connectivity index (χ4v) is 4.15. The molecule has 1 aliphatic heterocycles. The molecule has 4 nitrogen and oxygen atoms in total. The van der Waals surface area contributed by atoms with Crippen molar-refractivity contribution in [2.75, 3.05) is 6.61 Å². The number of halogens is 1. The Labute approximate surface area is 174 Å². The summed E-state index contributed by atoms with van der Waals surface area (Å²) in [5, 5.41) is 19.7. The van der Waals surface area contributed by atoms with E-state index in [4.69, 9.17) is 0 Å². The number of nitrogens with zero attached hydrogens (tertiary/aromatic N) is 2. The predicted octanol–water partition coefficient (Wildman–Crippen LogP) is 3.91. The minimum Gasteiger partial charge on any atom is -0.394 e. The fraction of sp³-hybridized carbons (Fsp3) is 0.200. The Balaban J connectivity index is 1.53. The molecule has 0 aliphatic carbocycles. The van der Waals surface area contributed by atoms with Crippen LogP contribution in [0.1, 0.15) is 17.0 Å². The highest BCUT2D eigenvalue weighted by molar-refractivity contribution is 5.81. The Morgan fingerprint density at radius 2 is 1.57 bits per heavy atom. The summed E-state index contributed by atoms with van der Waals surface area (Å²) in [6.07, 6.45) is 0.200. The van der Waals surface area contributed by atoms with Gasteiger partial charge in [-0.25, -0.2) is 4.39 Å². The highest BCUT2D eigenvalue weighted by Crippen LogP contribution is 2.41. The van der Waals surface area contributed by atoms with E-state index in [1.165, 1.54) is 17.0 Å². The maximum absolute atomic E-state index is 13.1. The number of likely N-dealkylation sites (tertiary alicyclic amines) is 1. The van der Waals surface area contributed by atoms with E-state index in [2.05, 4.69) is 6.07 Å². The number of carbonyl (C=O) groups is 1. The molecule has 1 fully saturated rings. The van der Waals surface area contributed by atoms with Gasteiger partial charge in [0, 0.05) is 5.92 Å². The number of benzene rings is 3. The van der Waals surface area contributed by atoms with Crippen molar-refractivity contribution in [3.63, 3.8) is 0 Å². The van der Waals surface area contributed by atoms with Gasteiger partial charge in [-0.15, -0.1) is 0 Å². The molecule has 0 bridgehead atoms. The number of amides is 1. The van der Waals surface area contributed by atoms with Gasteiger partial charge in [-0.1, -0.05) is 66.7 Å². The van der Waals surface area contributed by atoms with Crippen molar-refractivity contribution in [3.8, 4) is 17.2 Å². The molecule has 150 valence electrons. The van der Waals surface area contributed by atoms with Crippen LogP contribution in [0.25, 0.3) is 11.1 Å². The topological polar surface area (TPSA) is 64.3 Å². The second kappa shape index (κ2) is 8.48. The third kappa shape index (κ3) is 3.70. The number of hydrogen-bond donors (Lipinski definition) is 1. The Kier molecular flexibility index (Phi) is 5.60. The second-order valence-corrected chi connectivity index (χ2v) is 7.44. The number of hydrogen-bond acceptors (Lipinski definition) is 3. The van der Waals surface area contributed by atoms with Crippen LogP contribution in [0.15, 0.2) is 78.9 Å². The van der Waals surface area contributed by atoms with Crippen molar-refractivity contribution < 1.29 is 14.3 Å². The largest absolute Gasteiger partial charge is 0.394 e. The lowest BCUT2D eigenvalue weighted by molar-refractivity contribution is -0.146. The molecular formula is C25H21FN2O2. The molecule has 0 aromatic heterocycles. The Morgan fingerprint density at radius 3 is 2.13 bits per heavy atom. The summed E-state index contributed by atoms with van der Waals surface area (Å²) in [4.78, 5) is 14.3. The summed E-state index contributed by atoms with van der Waals surface area (Å²) < 4.78 is 13.1. The molecule has 1 aliphatic rings. The van der Waals surface area contributed by atoms with E-state index in [0.29, 0.717) is 0 Å². The van der Waals surface area contributed by atoms with Gasteiger partial charge in [0.25, 0.3) is 0 Å². The number of nitriles is 1. The van der Waals surface area contributed by atoms with Gasteiger partial charge in [-0.3, -0.25) is 4.79 Å². The lowest BCUT2D eigenvalue weighted by Gasteiger charge is -2.51. The predicted molar refractivity (Wildman–Crippen MR) is 112 cm³/mol. The quantitative estimate of drug-likeness (QED) is 0.706. The highest BCUT2D eigenvalue weighted by Gasteiger charge is 2.51. The summed E-state index contributed by atoms with van der Waals surface area (Å²) in [5.74, 6) is -0.694. The van der Waals surface area contributed by atoms with Crippen LogP contribution in [-0.4, -0.2) is 34.6 Å². The summed E-state index contributed by atoms with van der Waals surface area (Å²) in [7, 11) is 0. The van der Waals surface area contributed by atoms with Gasteiger partial charge in [-0.05, 0) is 34.4 Å². The average molecular weight is 400 g/mol. The van der Waals surface area contributed by atoms with Crippen LogP contribution < -0.4 is 0 Å². The molecule has 1 heterocycles. The molecule has 1 amide bonds. The van der Waals surface area contributed by atoms with Gasteiger partial charge >= 0.3 is 0 Å². The van der Waals surface area contributed by atoms with Gasteiger partial charge in [0.1, 0.15) is 11.9 Å². The monoisotopic (exact) mass is 400 g/mol. The van der Waals surface area contributed by atoms with Crippen LogP contribution in [0, 0.1) is 17.1 Å². The SMILES string of the molecule is N#C[C@H]1[C@H](c2ccc(-c3ccc(F)cc3)cc2)[C@@H](CO)N1C(=O)Cc1ccccc1. The van der Waals surface area contributed by atoms with Crippen LogP contribution in [0.5, 0.6) is 0 Å². The molecule has 3 atom stereocenters. The molecule has 0 radical (unpaired) electrons. The van der Waals surface area contributed by atoms with Gasteiger partial charge in [0.05, 0.1) is 25.1 Å². The first-order chi connectivity index (χ1) is 14.6. The molecule has 5 heteroatoms. The summed E-state index contributed by atoms with van der Waals surface area (Å²) in [5.41, 5.74) is 3.61. The molecule has 0 spiro atoms. The first-order valence-corrected chi connectivity index (χ1v) is 9.84. The smallest absolute Gasteiger partial charge is 0.228 e. The third-order valence-corrected chi connectivity index (χ3v) is 5.69. The van der Waals surface area contributed by atoms with Crippen molar-refractivity contribution >= 4 is 5.91 Å². The summed E-state index contributed by atoms with van der Waals surface area (Å²) >= 11 is 0. The van der Waals surface area contributed by atoms with Crippen LogP contribution in [-0.2, 0) is 11.2 Å².